The average Bonchev–Trinajstić information content (AvgIpc) is 2.58. The van der Waals surface area contributed by atoms with Crippen LogP contribution in [0.2, 0.25) is 0 Å². The van der Waals surface area contributed by atoms with Gasteiger partial charge in [0, 0.05) is 17.2 Å². The van der Waals surface area contributed by atoms with Gasteiger partial charge in [0.25, 0.3) is 0 Å². The van der Waals surface area contributed by atoms with Crippen molar-refractivity contribution in [3.05, 3.63) is 59.7 Å². The molecule has 1 N–H and O–H groups in total. The van der Waals surface area contributed by atoms with Crippen molar-refractivity contribution in [2.75, 3.05) is 6.26 Å². The number of hydrogen-bond donors (Lipinski definition) is 1. The Bertz CT molecular complexity index is 1170. The van der Waals surface area contributed by atoms with E-state index in [-0.39, 0.29) is 22.2 Å². The minimum absolute atomic E-state index is 0.0844. The summed E-state index contributed by atoms with van der Waals surface area (Å²) in [4.78, 5) is 15.4. The van der Waals surface area contributed by atoms with Crippen molar-refractivity contribution < 1.29 is 31.5 Å². The van der Waals surface area contributed by atoms with Crippen LogP contribution in [-0.4, -0.2) is 30.7 Å². The van der Waals surface area contributed by atoms with Gasteiger partial charge in [-0.2, -0.15) is 13.2 Å². The van der Waals surface area contributed by atoms with Gasteiger partial charge in [-0.1, -0.05) is 30.3 Å². The van der Waals surface area contributed by atoms with Crippen molar-refractivity contribution >= 4 is 26.7 Å². The van der Waals surface area contributed by atoms with E-state index in [0.29, 0.717) is 0 Å². The van der Waals surface area contributed by atoms with E-state index in [9.17, 15) is 31.5 Å². The lowest BCUT2D eigenvalue weighted by molar-refractivity contribution is -0.137. The normalized spacial score (nSPS) is 12.3. The minimum Gasteiger partial charge on any atom is -0.478 e. The summed E-state index contributed by atoms with van der Waals surface area (Å²) in [7, 11) is -4.12. The molecule has 1 aromatic heterocycles. The number of aromatic nitrogens is 1. The molecule has 0 saturated carbocycles. The number of alkyl halides is 3. The molecule has 1 heterocycles. The molecule has 5 nitrogen and oxygen atoms in total. The first kappa shape index (κ1) is 18.8. The van der Waals surface area contributed by atoms with Gasteiger partial charge in [-0.3, -0.25) is 0 Å². The smallest absolute Gasteiger partial charge is 0.416 e. The van der Waals surface area contributed by atoms with Crippen LogP contribution in [0.25, 0.3) is 22.2 Å². The molecule has 0 aliphatic rings. The Morgan fingerprint density at radius 3 is 2.33 bits per heavy atom. The first-order valence-electron chi connectivity index (χ1n) is 7.54. The van der Waals surface area contributed by atoms with E-state index < -0.39 is 38.0 Å². The average molecular weight is 395 g/mol. The number of sulfone groups is 1. The number of nitrogens with zero attached hydrogens (tertiary/aromatic N) is 1. The first-order valence-corrected chi connectivity index (χ1v) is 9.43. The van der Waals surface area contributed by atoms with E-state index in [1.165, 1.54) is 24.3 Å². The molecule has 0 amide bonds. The lowest BCUT2D eigenvalue weighted by Gasteiger charge is -2.15. The molecule has 0 aliphatic heterocycles. The van der Waals surface area contributed by atoms with Crippen LogP contribution < -0.4 is 0 Å². The number of hydrogen-bond acceptors (Lipinski definition) is 4. The van der Waals surface area contributed by atoms with Gasteiger partial charge in [-0.15, -0.1) is 0 Å². The van der Waals surface area contributed by atoms with Crippen molar-refractivity contribution in [1.29, 1.82) is 0 Å². The number of carboxylic acid groups (broad SMARTS) is 1. The second kappa shape index (κ2) is 6.34. The lowest BCUT2D eigenvalue weighted by atomic mass is 10.0. The highest BCUT2D eigenvalue weighted by molar-refractivity contribution is 7.91. The molecule has 0 spiro atoms. The van der Waals surface area contributed by atoms with E-state index in [0.717, 1.165) is 24.5 Å². The molecule has 0 atom stereocenters. The third kappa shape index (κ3) is 3.50. The van der Waals surface area contributed by atoms with E-state index in [1.807, 2.05) is 0 Å². The van der Waals surface area contributed by atoms with Crippen molar-refractivity contribution in [2.45, 2.75) is 11.1 Å². The number of carboxylic acids is 1. The second-order valence-electron chi connectivity index (χ2n) is 5.84. The van der Waals surface area contributed by atoms with E-state index in [2.05, 4.69) is 4.98 Å². The Morgan fingerprint density at radius 2 is 1.74 bits per heavy atom. The molecule has 0 aliphatic carbocycles. The molecule has 0 fully saturated rings. The summed E-state index contributed by atoms with van der Waals surface area (Å²) in [6.45, 7) is 0. The zero-order valence-corrected chi connectivity index (χ0v) is 14.6. The summed E-state index contributed by atoms with van der Waals surface area (Å²) in [6.07, 6.45) is -3.85. The highest BCUT2D eigenvalue weighted by Gasteiger charge is 2.32. The highest BCUT2D eigenvalue weighted by atomic mass is 32.2. The predicted molar refractivity (Wildman–Crippen MR) is 92.3 cm³/mol. The van der Waals surface area contributed by atoms with Gasteiger partial charge in [0.05, 0.1) is 22.3 Å². The second-order valence-corrected chi connectivity index (χ2v) is 7.79. The Balaban J connectivity index is 2.49. The number of para-hydroxylation sites is 1. The molecule has 0 unspecified atom stereocenters. The van der Waals surface area contributed by atoms with Gasteiger partial charge < -0.3 is 5.11 Å². The van der Waals surface area contributed by atoms with Gasteiger partial charge in [0.1, 0.15) is 4.90 Å². The molecule has 2 aromatic carbocycles. The van der Waals surface area contributed by atoms with Crippen LogP contribution in [0.4, 0.5) is 13.2 Å². The van der Waals surface area contributed by atoms with Crippen LogP contribution in [0.1, 0.15) is 15.9 Å². The van der Waals surface area contributed by atoms with Crippen LogP contribution in [0.15, 0.2) is 53.4 Å². The molecule has 3 rings (SSSR count). The molecule has 0 saturated heterocycles. The number of halogens is 3. The number of pyridine rings is 1. The maximum atomic E-state index is 13.0. The fourth-order valence-electron chi connectivity index (χ4n) is 2.81. The molecule has 140 valence electrons. The number of fused-ring (bicyclic) bond motifs is 1. The van der Waals surface area contributed by atoms with E-state index in [1.54, 1.807) is 6.07 Å². The summed E-state index contributed by atoms with van der Waals surface area (Å²) in [5, 5.41) is 9.69. The molecule has 27 heavy (non-hydrogen) atoms. The van der Waals surface area contributed by atoms with E-state index in [4.69, 9.17) is 0 Å². The van der Waals surface area contributed by atoms with Crippen molar-refractivity contribution in [3.63, 3.8) is 0 Å². The zero-order chi connectivity index (χ0) is 20.0. The van der Waals surface area contributed by atoms with Crippen LogP contribution in [0, 0.1) is 0 Å². The monoisotopic (exact) mass is 395 g/mol. The highest BCUT2D eigenvalue weighted by Crippen LogP contribution is 2.36. The molecular formula is C18H12F3NO4S. The minimum atomic E-state index is -4.65. The number of aromatic carboxylic acids is 1. The lowest BCUT2D eigenvalue weighted by Crippen LogP contribution is -2.12. The SMILES string of the molecule is CS(=O)(=O)c1c(-c2cccc(C(F)(F)F)c2)nc2ccccc2c1C(=O)O. The van der Waals surface area contributed by atoms with Crippen LogP contribution in [0.5, 0.6) is 0 Å². The van der Waals surface area contributed by atoms with Crippen LogP contribution in [-0.2, 0) is 16.0 Å². The quantitative estimate of drug-likeness (QED) is 0.724. The third-order valence-electron chi connectivity index (χ3n) is 3.90. The van der Waals surface area contributed by atoms with E-state index >= 15 is 0 Å². The number of carbonyl (C=O) groups is 1. The Kier molecular flexibility index (Phi) is 4.43. The molecule has 3 aromatic rings. The molecule has 0 bridgehead atoms. The summed E-state index contributed by atoms with van der Waals surface area (Å²) in [6, 6.07) is 9.90. The topological polar surface area (TPSA) is 84.3 Å². The first-order chi connectivity index (χ1) is 12.5. The summed E-state index contributed by atoms with van der Waals surface area (Å²) in [5.41, 5.74) is -1.82. The summed E-state index contributed by atoms with van der Waals surface area (Å²) >= 11 is 0. The van der Waals surface area contributed by atoms with Crippen molar-refractivity contribution in [1.82, 2.24) is 4.98 Å². The van der Waals surface area contributed by atoms with Crippen molar-refractivity contribution in [3.8, 4) is 11.3 Å². The largest absolute Gasteiger partial charge is 0.478 e. The Hall–Kier alpha value is -2.94. The van der Waals surface area contributed by atoms with Gasteiger partial charge >= 0.3 is 12.1 Å². The van der Waals surface area contributed by atoms with Gasteiger partial charge in [-0.05, 0) is 18.2 Å². The number of benzene rings is 2. The fourth-order valence-corrected chi connectivity index (χ4v) is 3.89. The predicted octanol–water partition coefficient (Wildman–Crippen LogP) is 4.02. The maximum absolute atomic E-state index is 13.0. The number of rotatable bonds is 3. The molecule has 9 heteroatoms. The Morgan fingerprint density at radius 1 is 1.07 bits per heavy atom. The van der Waals surface area contributed by atoms with Gasteiger partial charge in [0.2, 0.25) is 0 Å². The third-order valence-corrected chi connectivity index (χ3v) is 5.03. The Labute approximate surface area is 152 Å². The maximum Gasteiger partial charge on any atom is 0.416 e. The van der Waals surface area contributed by atoms with Gasteiger partial charge in [0.15, 0.2) is 9.84 Å². The van der Waals surface area contributed by atoms with Gasteiger partial charge in [-0.25, -0.2) is 18.2 Å². The van der Waals surface area contributed by atoms with Crippen molar-refractivity contribution in [2.24, 2.45) is 0 Å². The standard InChI is InChI=1S/C18H12F3NO4S/c1-27(25,26)16-14(17(23)24)12-7-2-3-8-13(12)22-15(16)10-5-4-6-11(9-10)18(19,20)21/h2-9H,1H3,(H,23,24). The molecule has 0 radical (unpaired) electrons. The fraction of sp³-hybridized carbons (Fsp3) is 0.111. The summed E-state index contributed by atoms with van der Waals surface area (Å²) in [5.74, 6) is -1.51. The molecular weight excluding hydrogens is 383 g/mol. The van der Waals surface area contributed by atoms with Crippen LogP contribution in [0.3, 0.4) is 0 Å². The zero-order valence-electron chi connectivity index (χ0n) is 13.8. The summed E-state index contributed by atoms with van der Waals surface area (Å²) < 4.78 is 63.8. The van der Waals surface area contributed by atoms with Crippen LogP contribution >= 0.6 is 0 Å².